The summed E-state index contributed by atoms with van der Waals surface area (Å²) < 4.78 is 0. The Labute approximate surface area is 116 Å². The summed E-state index contributed by atoms with van der Waals surface area (Å²) >= 11 is 1.68. The Hall–Kier alpha value is -1.53. The van der Waals surface area contributed by atoms with Crippen molar-refractivity contribution in [3.8, 4) is 0 Å². The molecular weight excluding hydrogens is 266 g/mol. The van der Waals surface area contributed by atoms with E-state index in [4.69, 9.17) is 10.2 Å². The lowest BCUT2D eigenvalue weighted by molar-refractivity contribution is -0.139. The molecule has 0 aliphatic carbocycles. The number of hydrogen-bond donors (Lipinski definition) is 3. The fraction of sp³-hybridized carbons (Fsp3) is 0.385. The average Bonchev–Trinajstić information content (AvgIpc) is 2.39. The molecule has 0 heterocycles. The van der Waals surface area contributed by atoms with E-state index in [9.17, 15) is 9.59 Å². The van der Waals surface area contributed by atoms with E-state index in [0.29, 0.717) is 5.56 Å². The number of carboxylic acid groups (broad SMARTS) is 1. The van der Waals surface area contributed by atoms with Crippen molar-refractivity contribution in [3.63, 3.8) is 0 Å². The summed E-state index contributed by atoms with van der Waals surface area (Å²) in [7, 11) is 0. The van der Waals surface area contributed by atoms with Crippen LogP contribution >= 0.6 is 11.8 Å². The van der Waals surface area contributed by atoms with Crippen molar-refractivity contribution < 1.29 is 19.8 Å². The van der Waals surface area contributed by atoms with Gasteiger partial charge in [-0.3, -0.25) is 4.79 Å². The van der Waals surface area contributed by atoms with E-state index in [1.807, 2.05) is 18.4 Å². The molecule has 0 saturated heterocycles. The van der Waals surface area contributed by atoms with Gasteiger partial charge in [0.15, 0.2) is 0 Å². The first-order valence-electron chi connectivity index (χ1n) is 5.81. The van der Waals surface area contributed by atoms with Crippen LogP contribution in [0, 0.1) is 0 Å². The monoisotopic (exact) mass is 283 g/mol. The molecule has 5 nitrogen and oxygen atoms in total. The summed E-state index contributed by atoms with van der Waals surface area (Å²) in [4.78, 5) is 22.7. The number of amides is 1. The summed E-state index contributed by atoms with van der Waals surface area (Å²) in [5, 5.41) is 20.0. The predicted molar refractivity (Wildman–Crippen MR) is 74.3 cm³/mol. The van der Waals surface area contributed by atoms with Crippen LogP contribution in [0.4, 0.5) is 0 Å². The molecule has 0 aliphatic rings. The largest absolute Gasteiger partial charge is 0.480 e. The number of hydrogen-bond acceptors (Lipinski definition) is 4. The van der Waals surface area contributed by atoms with Crippen molar-refractivity contribution in [1.29, 1.82) is 0 Å². The molecule has 104 valence electrons. The maximum Gasteiger partial charge on any atom is 0.326 e. The van der Waals surface area contributed by atoms with Gasteiger partial charge in [0.1, 0.15) is 6.04 Å². The second-order valence-corrected chi connectivity index (χ2v) is 4.87. The summed E-state index contributed by atoms with van der Waals surface area (Å²) in [6.45, 7) is -0.288. The fourth-order valence-corrected chi connectivity index (χ4v) is 2.07. The number of aliphatic carboxylic acids is 1. The molecule has 19 heavy (non-hydrogen) atoms. The third-order valence-corrected chi connectivity index (χ3v) is 3.17. The Balaban J connectivity index is 2.68. The summed E-state index contributed by atoms with van der Waals surface area (Å²) in [5.74, 6) is -0.734. The minimum Gasteiger partial charge on any atom is -0.480 e. The van der Waals surface area contributed by atoms with Crippen molar-refractivity contribution in [2.45, 2.75) is 18.2 Å². The third kappa shape index (κ3) is 4.92. The van der Waals surface area contributed by atoms with Gasteiger partial charge in [0.05, 0.1) is 0 Å². The number of carbonyl (C=O) groups is 2. The highest BCUT2D eigenvalue weighted by Gasteiger charge is 2.19. The Kier molecular flexibility index (Phi) is 6.38. The lowest BCUT2D eigenvalue weighted by atomic mass is 10.1. The van der Waals surface area contributed by atoms with E-state index in [1.165, 1.54) is 0 Å². The Morgan fingerprint density at radius 3 is 2.42 bits per heavy atom. The van der Waals surface area contributed by atoms with Crippen LogP contribution in [0.15, 0.2) is 24.3 Å². The maximum absolute atomic E-state index is 11.8. The summed E-state index contributed by atoms with van der Waals surface area (Å²) in [6, 6.07) is 5.95. The Morgan fingerprint density at radius 1 is 1.32 bits per heavy atom. The molecule has 0 bridgehead atoms. The van der Waals surface area contributed by atoms with Gasteiger partial charge in [0, 0.05) is 24.3 Å². The first kappa shape index (κ1) is 15.5. The third-order valence-electron chi connectivity index (χ3n) is 2.55. The van der Waals surface area contributed by atoms with Crippen LogP contribution in [0.5, 0.6) is 0 Å². The second-order valence-electron chi connectivity index (χ2n) is 4.01. The molecule has 0 aliphatic heterocycles. The molecule has 0 spiro atoms. The zero-order valence-electron chi connectivity index (χ0n) is 10.6. The maximum atomic E-state index is 11.8. The van der Waals surface area contributed by atoms with Crippen LogP contribution in [0.25, 0.3) is 0 Å². The van der Waals surface area contributed by atoms with Crippen LogP contribution in [0.3, 0.4) is 0 Å². The first-order valence-corrected chi connectivity index (χ1v) is 7.20. The van der Waals surface area contributed by atoms with Crippen molar-refractivity contribution in [3.05, 3.63) is 35.4 Å². The predicted octanol–water partition coefficient (Wildman–Crippen LogP) is 1.11. The van der Waals surface area contributed by atoms with Crippen LogP contribution in [0.1, 0.15) is 22.3 Å². The second kappa shape index (κ2) is 7.81. The summed E-state index contributed by atoms with van der Waals surface area (Å²) in [5.41, 5.74) is 1.52. The van der Waals surface area contributed by atoms with Gasteiger partial charge in [-0.1, -0.05) is 12.1 Å². The molecule has 1 aromatic carbocycles. The average molecular weight is 283 g/mol. The highest BCUT2D eigenvalue weighted by atomic mass is 32.2. The molecule has 0 saturated carbocycles. The van der Waals surface area contributed by atoms with E-state index >= 15 is 0 Å². The highest BCUT2D eigenvalue weighted by molar-refractivity contribution is 7.97. The van der Waals surface area contributed by atoms with E-state index in [0.717, 1.165) is 11.3 Å². The van der Waals surface area contributed by atoms with Gasteiger partial charge in [-0.2, -0.15) is 11.8 Å². The van der Waals surface area contributed by atoms with Gasteiger partial charge >= 0.3 is 5.97 Å². The quantitative estimate of drug-likeness (QED) is 0.698. The van der Waals surface area contributed by atoms with Gasteiger partial charge < -0.3 is 15.5 Å². The van der Waals surface area contributed by atoms with Crippen LogP contribution < -0.4 is 5.32 Å². The molecule has 0 radical (unpaired) electrons. The van der Waals surface area contributed by atoms with E-state index < -0.39 is 17.9 Å². The Morgan fingerprint density at radius 2 is 1.95 bits per heavy atom. The van der Waals surface area contributed by atoms with Crippen molar-refractivity contribution in [1.82, 2.24) is 5.32 Å². The molecule has 0 unspecified atom stereocenters. The normalized spacial score (nSPS) is 11.9. The minimum absolute atomic E-state index is 0.00830. The van der Waals surface area contributed by atoms with Gasteiger partial charge in [0.25, 0.3) is 5.91 Å². The molecule has 6 heteroatoms. The lowest BCUT2D eigenvalue weighted by Gasteiger charge is -2.13. The number of carbonyl (C=O) groups excluding carboxylic acids is 1. The van der Waals surface area contributed by atoms with E-state index in [-0.39, 0.29) is 13.0 Å². The van der Waals surface area contributed by atoms with Gasteiger partial charge in [0.2, 0.25) is 0 Å². The number of benzene rings is 1. The molecule has 0 fully saturated rings. The van der Waals surface area contributed by atoms with Crippen molar-refractivity contribution in [2.75, 3.05) is 12.9 Å². The lowest BCUT2D eigenvalue weighted by Crippen LogP contribution is -2.41. The smallest absolute Gasteiger partial charge is 0.326 e. The number of aliphatic hydroxyl groups excluding tert-OH is 1. The fourth-order valence-electron chi connectivity index (χ4n) is 1.55. The highest BCUT2D eigenvalue weighted by Crippen LogP contribution is 2.10. The van der Waals surface area contributed by atoms with Gasteiger partial charge in [-0.05, 0) is 24.0 Å². The number of rotatable bonds is 7. The van der Waals surface area contributed by atoms with Crippen molar-refractivity contribution >= 4 is 23.6 Å². The molecule has 1 aromatic rings. The van der Waals surface area contributed by atoms with Crippen molar-refractivity contribution in [2.24, 2.45) is 0 Å². The molecular formula is C13H17NO4S. The number of thioether (sulfide) groups is 1. The SMILES string of the molecule is CSCc1ccc(C(=O)N[C@@H](CCO)C(=O)O)cc1. The number of aliphatic hydroxyl groups is 1. The molecule has 1 atom stereocenters. The summed E-state index contributed by atoms with van der Waals surface area (Å²) in [6.07, 6.45) is 1.98. The van der Waals surface area contributed by atoms with Crippen LogP contribution in [-0.2, 0) is 10.5 Å². The first-order chi connectivity index (χ1) is 9.08. The number of carboxylic acids is 1. The van der Waals surface area contributed by atoms with Crippen LogP contribution in [-0.4, -0.2) is 41.0 Å². The van der Waals surface area contributed by atoms with Crippen LogP contribution in [0.2, 0.25) is 0 Å². The zero-order valence-corrected chi connectivity index (χ0v) is 11.4. The molecule has 1 rings (SSSR count). The Bertz CT molecular complexity index is 433. The minimum atomic E-state index is -1.15. The van der Waals surface area contributed by atoms with E-state index in [1.54, 1.807) is 23.9 Å². The zero-order chi connectivity index (χ0) is 14.3. The van der Waals surface area contributed by atoms with Gasteiger partial charge in [-0.15, -0.1) is 0 Å². The molecule has 1 amide bonds. The topological polar surface area (TPSA) is 86.6 Å². The number of nitrogens with one attached hydrogen (secondary N) is 1. The van der Waals surface area contributed by atoms with Gasteiger partial charge in [-0.25, -0.2) is 4.79 Å². The molecule has 0 aromatic heterocycles. The van der Waals surface area contributed by atoms with E-state index in [2.05, 4.69) is 5.32 Å². The standard InChI is InChI=1S/C13H17NO4S/c1-19-8-9-2-4-10(5-3-9)12(16)14-11(6-7-15)13(17)18/h2-5,11,15H,6-8H2,1H3,(H,14,16)(H,17,18)/t11-/m0/s1. The molecule has 3 N–H and O–H groups in total.